The molecule has 0 amide bonds. The molecule has 0 heterocycles. The summed E-state index contributed by atoms with van der Waals surface area (Å²) < 4.78 is 0. The Bertz CT molecular complexity index is 622. The van der Waals surface area contributed by atoms with Crippen LogP contribution < -0.4 is 18.9 Å². The van der Waals surface area contributed by atoms with Crippen LogP contribution >= 0.6 is 0 Å². The van der Waals surface area contributed by atoms with Gasteiger partial charge in [-0.3, -0.25) is 0 Å². The summed E-state index contributed by atoms with van der Waals surface area (Å²) in [5.74, 6) is 0.455. The molecule has 3 rings (SSSR count). The predicted molar refractivity (Wildman–Crippen MR) is 73.5 cm³/mol. The normalized spacial score (nSPS) is 12.1. The van der Waals surface area contributed by atoms with E-state index in [-0.39, 0.29) is 18.9 Å². The van der Waals surface area contributed by atoms with Gasteiger partial charge in [0.1, 0.15) is 0 Å². The van der Waals surface area contributed by atoms with Gasteiger partial charge in [-0.15, -0.1) is 40.6 Å². The SMILES string of the molecule is CC(c1ccccc1)[c-]1ccc2ccccc21.[Li+]. The van der Waals surface area contributed by atoms with Gasteiger partial charge in [-0.25, -0.2) is 0 Å². The average Bonchev–Trinajstić information content (AvgIpc) is 2.83. The van der Waals surface area contributed by atoms with Crippen molar-refractivity contribution in [3.05, 3.63) is 77.9 Å². The van der Waals surface area contributed by atoms with Crippen molar-refractivity contribution in [1.82, 2.24) is 0 Å². The molecule has 3 aromatic carbocycles. The van der Waals surface area contributed by atoms with E-state index in [1.807, 2.05) is 0 Å². The minimum absolute atomic E-state index is 0. The molecule has 0 saturated carbocycles. The Morgan fingerprint density at radius 3 is 2.28 bits per heavy atom. The molecule has 0 saturated heterocycles. The van der Waals surface area contributed by atoms with Gasteiger partial charge in [-0.2, -0.15) is 6.07 Å². The maximum atomic E-state index is 2.27. The quantitative estimate of drug-likeness (QED) is 0.461. The molecule has 0 radical (unpaired) electrons. The van der Waals surface area contributed by atoms with Gasteiger partial charge >= 0.3 is 18.9 Å². The molecule has 0 spiro atoms. The second-order valence-corrected chi connectivity index (χ2v) is 4.51. The van der Waals surface area contributed by atoms with E-state index in [1.165, 1.54) is 21.9 Å². The summed E-state index contributed by atoms with van der Waals surface area (Å²) in [5, 5.41) is 2.72. The summed E-state index contributed by atoms with van der Waals surface area (Å²) in [6, 6.07) is 23.8. The largest absolute Gasteiger partial charge is 1.00 e. The van der Waals surface area contributed by atoms with E-state index in [4.69, 9.17) is 0 Å². The number of fused-ring (bicyclic) bond motifs is 1. The summed E-state index contributed by atoms with van der Waals surface area (Å²) in [7, 11) is 0. The van der Waals surface area contributed by atoms with E-state index in [2.05, 4.69) is 73.7 Å². The van der Waals surface area contributed by atoms with Gasteiger partial charge in [-0.05, 0) is 11.5 Å². The first-order valence-electron chi connectivity index (χ1n) is 6.05. The van der Waals surface area contributed by atoms with Gasteiger partial charge in [0.25, 0.3) is 0 Å². The minimum atomic E-state index is 0. The Kier molecular flexibility index (Phi) is 4.02. The van der Waals surface area contributed by atoms with E-state index < -0.39 is 0 Å². The average molecular weight is 226 g/mol. The summed E-state index contributed by atoms with van der Waals surface area (Å²) in [6.45, 7) is 2.27. The maximum Gasteiger partial charge on any atom is 1.00 e. The van der Waals surface area contributed by atoms with Crippen LogP contribution in [0.5, 0.6) is 0 Å². The van der Waals surface area contributed by atoms with Gasteiger partial charge in [0.2, 0.25) is 0 Å². The smallest absolute Gasteiger partial charge is 0.168 e. The first kappa shape index (κ1) is 13.1. The molecular formula is C17H15Li. The molecule has 1 heteroatoms. The molecule has 0 N–H and O–H groups in total. The minimum Gasteiger partial charge on any atom is -0.168 e. The molecule has 0 fully saturated rings. The van der Waals surface area contributed by atoms with Crippen LogP contribution in [-0.4, -0.2) is 0 Å². The third-order valence-electron chi connectivity index (χ3n) is 3.48. The number of hydrogen-bond acceptors (Lipinski definition) is 0. The molecule has 0 nitrogen and oxygen atoms in total. The maximum absolute atomic E-state index is 2.27. The summed E-state index contributed by atoms with van der Waals surface area (Å²) in [4.78, 5) is 0. The fourth-order valence-corrected chi connectivity index (χ4v) is 2.47. The third-order valence-corrected chi connectivity index (χ3v) is 3.48. The Labute approximate surface area is 120 Å². The van der Waals surface area contributed by atoms with Crippen molar-refractivity contribution in [2.45, 2.75) is 12.8 Å². The predicted octanol–water partition coefficient (Wildman–Crippen LogP) is 1.71. The molecule has 0 aliphatic heterocycles. The molecule has 0 aromatic heterocycles. The summed E-state index contributed by atoms with van der Waals surface area (Å²) in [6.07, 6.45) is 0. The van der Waals surface area contributed by atoms with Crippen LogP contribution in [0.3, 0.4) is 0 Å². The van der Waals surface area contributed by atoms with Crippen LogP contribution in [0.15, 0.2) is 66.7 Å². The Balaban J connectivity index is 0.00000120. The van der Waals surface area contributed by atoms with Gasteiger partial charge in [0.05, 0.1) is 0 Å². The van der Waals surface area contributed by atoms with Crippen molar-refractivity contribution in [1.29, 1.82) is 0 Å². The first-order valence-corrected chi connectivity index (χ1v) is 6.05. The molecule has 0 bridgehead atoms. The molecule has 1 atom stereocenters. The van der Waals surface area contributed by atoms with Gasteiger partial charge < -0.3 is 0 Å². The molecule has 0 aliphatic rings. The molecule has 1 unspecified atom stereocenters. The number of rotatable bonds is 2. The fourth-order valence-electron chi connectivity index (χ4n) is 2.47. The van der Waals surface area contributed by atoms with Crippen LogP contribution in [0, 0.1) is 0 Å². The third kappa shape index (κ3) is 2.27. The van der Waals surface area contributed by atoms with Gasteiger partial charge in [0, 0.05) is 0 Å². The van der Waals surface area contributed by atoms with Crippen molar-refractivity contribution < 1.29 is 18.9 Å². The zero-order chi connectivity index (χ0) is 11.7. The van der Waals surface area contributed by atoms with Crippen molar-refractivity contribution >= 4 is 10.8 Å². The topological polar surface area (TPSA) is 0 Å². The van der Waals surface area contributed by atoms with Gasteiger partial charge in [0.15, 0.2) is 0 Å². The van der Waals surface area contributed by atoms with Crippen molar-refractivity contribution in [2.24, 2.45) is 0 Å². The Morgan fingerprint density at radius 1 is 0.833 bits per heavy atom. The van der Waals surface area contributed by atoms with Crippen LogP contribution in [0.25, 0.3) is 10.8 Å². The summed E-state index contributed by atoms with van der Waals surface area (Å²) in [5.41, 5.74) is 2.80. The monoisotopic (exact) mass is 226 g/mol. The Morgan fingerprint density at radius 2 is 1.50 bits per heavy atom. The van der Waals surface area contributed by atoms with Crippen LogP contribution in [0.2, 0.25) is 0 Å². The summed E-state index contributed by atoms with van der Waals surface area (Å²) >= 11 is 0. The second-order valence-electron chi connectivity index (χ2n) is 4.51. The van der Waals surface area contributed by atoms with Crippen molar-refractivity contribution in [2.75, 3.05) is 0 Å². The van der Waals surface area contributed by atoms with E-state index in [1.54, 1.807) is 0 Å². The second kappa shape index (κ2) is 5.53. The van der Waals surface area contributed by atoms with Crippen molar-refractivity contribution in [3.63, 3.8) is 0 Å². The molecule has 84 valence electrons. The zero-order valence-electron chi connectivity index (χ0n) is 10.9. The van der Waals surface area contributed by atoms with Crippen LogP contribution in [0.1, 0.15) is 24.0 Å². The van der Waals surface area contributed by atoms with E-state index in [0.717, 1.165) is 0 Å². The van der Waals surface area contributed by atoms with Crippen LogP contribution in [-0.2, 0) is 0 Å². The number of hydrogen-bond donors (Lipinski definition) is 0. The first-order chi connectivity index (χ1) is 8.36. The van der Waals surface area contributed by atoms with Crippen LogP contribution in [0.4, 0.5) is 0 Å². The fraction of sp³-hybridized carbons (Fsp3) is 0.118. The zero-order valence-corrected chi connectivity index (χ0v) is 10.9. The molecule has 18 heavy (non-hydrogen) atoms. The molecular weight excluding hydrogens is 211 g/mol. The molecule has 3 aromatic rings. The van der Waals surface area contributed by atoms with E-state index in [9.17, 15) is 0 Å². The molecule has 0 aliphatic carbocycles. The Hall–Kier alpha value is -1.35. The van der Waals surface area contributed by atoms with E-state index in [0.29, 0.717) is 5.92 Å². The van der Waals surface area contributed by atoms with Crippen molar-refractivity contribution in [3.8, 4) is 0 Å². The van der Waals surface area contributed by atoms with Gasteiger partial charge in [-0.1, -0.05) is 43.3 Å². The van der Waals surface area contributed by atoms with E-state index >= 15 is 0 Å². The standard InChI is InChI=1S/C17H15.Li/c1-13(14-7-3-2-4-8-14)16-12-11-15-9-5-6-10-17(15)16;/h2-13H,1H3;/q-1;+1. The number of benzene rings is 2.